The Labute approximate surface area is 180 Å². The highest BCUT2D eigenvalue weighted by Gasteiger charge is 2.34. The fourth-order valence-corrected chi connectivity index (χ4v) is 3.94. The van der Waals surface area contributed by atoms with Crippen LogP contribution < -0.4 is 9.64 Å². The molecule has 1 saturated heterocycles. The van der Waals surface area contributed by atoms with Gasteiger partial charge in [0, 0.05) is 24.3 Å². The maximum atomic E-state index is 13.4. The Morgan fingerprint density at radius 2 is 1.71 bits per heavy atom. The van der Waals surface area contributed by atoms with Gasteiger partial charge in [0.1, 0.15) is 11.9 Å². The lowest BCUT2D eigenvalue weighted by molar-refractivity contribution is -0.142. The van der Waals surface area contributed by atoms with Gasteiger partial charge in [-0.05, 0) is 47.7 Å². The monoisotopic (exact) mass is 435 g/mol. The molecule has 0 aromatic heterocycles. The zero-order chi connectivity index (χ0) is 22.9. The van der Waals surface area contributed by atoms with Crippen molar-refractivity contribution in [1.29, 1.82) is 0 Å². The van der Waals surface area contributed by atoms with E-state index in [2.05, 4.69) is 0 Å². The van der Waals surface area contributed by atoms with Gasteiger partial charge in [-0.15, -0.1) is 0 Å². The van der Waals surface area contributed by atoms with Gasteiger partial charge in [-0.3, -0.25) is 4.79 Å². The summed E-state index contributed by atoms with van der Waals surface area (Å²) in [5.74, 6) is -0.473. The molecule has 2 aromatic rings. The van der Waals surface area contributed by atoms with Crippen LogP contribution in [0.25, 0.3) is 11.1 Å². The predicted octanol–water partition coefficient (Wildman–Crippen LogP) is 5.95. The van der Waals surface area contributed by atoms with Gasteiger partial charge in [0.05, 0.1) is 11.5 Å². The van der Waals surface area contributed by atoms with Gasteiger partial charge in [0.15, 0.2) is 0 Å². The number of aliphatic carboxylic acids is 1. The molecule has 7 heteroatoms. The Bertz CT molecular complexity index is 926. The zero-order valence-corrected chi connectivity index (χ0v) is 18.1. The fraction of sp³-hybridized carbons (Fsp3) is 0.458. The van der Waals surface area contributed by atoms with Crippen LogP contribution in [-0.4, -0.2) is 30.3 Å². The molecule has 1 aliphatic heterocycles. The van der Waals surface area contributed by atoms with Gasteiger partial charge in [-0.1, -0.05) is 39.8 Å². The van der Waals surface area contributed by atoms with Crippen molar-refractivity contribution in [2.24, 2.45) is 17.8 Å². The minimum atomic E-state index is -4.47. The van der Waals surface area contributed by atoms with Crippen LogP contribution in [0.3, 0.4) is 0 Å². The van der Waals surface area contributed by atoms with E-state index in [0.29, 0.717) is 30.0 Å². The summed E-state index contributed by atoms with van der Waals surface area (Å²) in [5, 5.41) is 9.10. The molecule has 1 heterocycles. The summed E-state index contributed by atoms with van der Waals surface area (Å²) in [6.45, 7) is 8.87. The number of nitrogens with zero attached hydrogens (tertiary/aromatic N) is 1. The van der Waals surface area contributed by atoms with E-state index in [-0.39, 0.29) is 17.9 Å². The van der Waals surface area contributed by atoms with Crippen molar-refractivity contribution in [3.8, 4) is 16.9 Å². The number of carbonyl (C=O) groups is 1. The fourth-order valence-electron chi connectivity index (χ4n) is 3.94. The Kier molecular flexibility index (Phi) is 6.53. The van der Waals surface area contributed by atoms with Crippen LogP contribution in [0.2, 0.25) is 0 Å². The smallest absolute Gasteiger partial charge is 0.416 e. The van der Waals surface area contributed by atoms with Gasteiger partial charge < -0.3 is 14.7 Å². The summed E-state index contributed by atoms with van der Waals surface area (Å²) in [5.41, 5.74) is 1.02. The molecule has 4 nitrogen and oxygen atoms in total. The van der Waals surface area contributed by atoms with Crippen LogP contribution in [-0.2, 0) is 11.0 Å². The van der Waals surface area contributed by atoms with Crippen LogP contribution in [0.4, 0.5) is 18.9 Å². The molecule has 1 fully saturated rings. The van der Waals surface area contributed by atoms with Gasteiger partial charge in [-0.25, -0.2) is 0 Å². The molecule has 168 valence electrons. The summed E-state index contributed by atoms with van der Waals surface area (Å²) in [7, 11) is 0. The molecule has 3 rings (SSSR count). The van der Waals surface area contributed by atoms with Gasteiger partial charge in [0.25, 0.3) is 0 Å². The lowest BCUT2D eigenvalue weighted by Gasteiger charge is -2.38. The highest BCUT2D eigenvalue weighted by molar-refractivity contribution is 5.77. The van der Waals surface area contributed by atoms with Crippen molar-refractivity contribution in [2.45, 2.75) is 40.0 Å². The van der Waals surface area contributed by atoms with Gasteiger partial charge >= 0.3 is 12.1 Å². The van der Waals surface area contributed by atoms with E-state index in [4.69, 9.17) is 9.84 Å². The van der Waals surface area contributed by atoms with Crippen molar-refractivity contribution in [1.82, 2.24) is 0 Å². The first-order chi connectivity index (χ1) is 14.5. The lowest BCUT2D eigenvalue weighted by atomic mass is 9.95. The van der Waals surface area contributed by atoms with Crippen LogP contribution >= 0.6 is 0 Å². The minimum absolute atomic E-state index is 0.148. The Morgan fingerprint density at radius 3 is 2.26 bits per heavy atom. The second-order valence-corrected chi connectivity index (χ2v) is 8.77. The molecule has 1 aliphatic rings. The molecule has 0 amide bonds. The van der Waals surface area contributed by atoms with Crippen LogP contribution in [0, 0.1) is 17.8 Å². The van der Waals surface area contributed by atoms with Crippen LogP contribution in [0.5, 0.6) is 5.75 Å². The molecular weight excluding hydrogens is 407 g/mol. The van der Waals surface area contributed by atoms with Crippen LogP contribution in [0.1, 0.15) is 33.3 Å². The Hall–Kier alpha value is -2.70. The third-order valence-electron chi connectivity index (χ3n) is 5.64. The highest BCUT2D eigenvalue weighted by Crippen LogP contribution is 2.40. The molecule has 0 aliphatic carbocycles. The summed E-state index contributed by atoms with van der Waals surface area (Å²) >= 11 is 0. The summed E-state index contributed by atoms with van der Waals surface area (Å²) in [6.07, 6.45) is -4.61. The van der Waals surface area contributed by atoms with E-state index in [0.717, 1.165) is 17.8 Å². The molecule has 0 bridgehead atoms. The first-order valence-corrected chi connectivity index (χ1v) is 10.4. The Morgan fingerprint density at radius 1 is 1.06 bits per heavy atom. The highest BCUT2D eigenvalue weighted by atomic mass is 19.4. The van der Waals surface area contributed by atoms with E-state index in [1.807, 2.05) is 38.7 Å². The summed E-state index contributed by atoms with van der Waals surface area (Å²) in [4.78, 5) is 13.0. The average molecular weight is 435 g/mol. The largest absolute Gasteiger partial charge is 0.489 e. The Balaban J connectivity index is 2.00. The molecule has 31 heavy (non-hydrogen) atoms. The first-order valence-electron chi connectivity index (χ1n) is 10.4. The molecule has 1 N–H and O–H groups in total. The number of halogens is 3. The predicted molar refractivity (Wildman–Crippen MR) is 114 cm³/mol. The van der Waals surface area contributed by atoms with Crippen molar-refractivity contribution in [2.75, 3.05) is 18.0 Å². The maximum absolute atomic E-state index is 13.4. The number of anilines is 1. The number of rotatable bonds is 7. The van der Waals surface area contributed by atoms with E-state index < -0.39 is 23.6 Å². The second kappa shape index (κ2) is 8.81. The number of hydrogen-bond donors (Lipinski definition) is 1. The molecule has 0 atom stereocenters. The number of alkyl halides is 3. The summed E-state index contributed by atoms with van der Waals surface area (Å²) in [6, 6.07) is 10.7. The topological polar surface area (TPSA) is 49.8 Å². The average Bonchev–Trinajstić information content (AvgIpc) is 2.63. The SMILES string of the molecule is CC(C)C(Oc1ccc(C(F)(F)F)cc1-c1cccc(N2CC(C(=O)O)C2)c1)C(C)C. The van der Waals surface area contributed by atoms with E-state index in [1.54, 1.807) is 18.2 Å². The van der Waals surface area contributed by atoms with Crippen molar-refractivity contribution >= 4 is 11.7 Å². The van der Waals surface area contributed by atoms with E-state index >= 15 is 0 Å². The zero-order valence-electron chi connectivity index (χ0n) is 18.1. The standard InChI is InChI=1S/C24H28F3NO3/c1-14(2)22(15(3)4)31-21-9-8-18(24(25,26)27)11-20(21)16-6-5-7-19(10-16)28-12-17(13-28)23(29)30/h5-11,14-15,17,22H,12-13H2,1-4H3,(H,29,30). The number of carboxylic acid groups (broad SMARTS) is 1. The maximum Gasteiger partial charge on any atom is 0.416 e. The minimum Gasteiger partial charge on any atom is -0.489 e. The molecular formula is C24H28F3NO3. The normalized spacial score (nSPS) is 15.0. The number of benzene rings is 2. The second-order valence-electron chi connectivity index (χ2n) is 8.77. The van der Waals surface area contributed by atoms with E-state index in [9.17, 15) is 18.0 Å². The molecule has 2 aromatic carbocycles. The molecule has 0 saturated carbocycles. The molecule has 0 spiro atoms. The molecule has 0 radical (unpaired) electrons. The number of ether oxygens (including phenoxy) is 1. The quantitative estimate of drug-likeness (QED) is 0.584. The van der Waals surface area contributed by atoms with E-state index in [1.165, 1.54) is 6.07 Å². The van der Waals surface area contributed by atoms with Crippen molar-refractivity contribution in [3.63, 3.8) is 0 Å². The van der Waals surface area contributed by atoms with Crippen LogP contribution in [0.15, 0.2) is 42.5 Å². The lowest BCUT2D eigenvalue weighted by Crippen LogP contribution is -2.50. The third-order valence-corrected chi connectivity index (χ3v) is 5.64. The van der Waals surface area contributed by atoms with Gasteiger partial charge in [0.2, 0.25) is 0 Å². The molecule has 0 unspecified atom stereocenters. The van der Waals surface area contributed by atoms with Crippen molar-refractivity contribution < 1.29 is 27.8 Å². The summed E-state index contributed by atoms with van der Waals surface area (Å²) < 4.78 is 46.5. The van der Waals surface area contributed by atoms with Crippen molar-refractivity contribution in [3.05, 3.63) is 48.0 Å². The number of carboxylic acids is 1. The number of hydrogen-bond acceptors (Lipinski definition) is 3. The first kappa shape index (κ1) is 23.0. The van der Waals surface area contributed by atoms with Gasteiger partial charge in [-0.2, -0.15) is 13.2 Å². The third kappa shape index (κ3) is 5.14.